The maximum Gasteiger partial charge on any atom is 0.145 e. The first-order valence-corrected chi connectivity index (χ1v) is 3.74. The molecule has 1 heterocycles. The van der Waals surface area contributed by atoms with E-state index in [9.17, 15) is 4.79 Å². The lowest BCUT2D eigenvalue weighted by atomic mass is 10.0. The average Bonchev–Trinajstić information content (AvgIpc) is 2.34. The minimum Gasteiger partial charge on any atom is -0.376 e. The van der Waals surface area contributed by atoms with E-state index in [4.69, 9.17) is 0 Å². The summed E-state index contributed by atoms with van der Waals surface area (Å²) in [6.45, 7) is 4.32. The molecule has 0 aliphatic carbocycles. The van der Waals surface area contributed by atoms with Crippen LogP contribution in [0.4, 0.5) is 0 Å². The molecule has 1 atom stereocenters. The van der Waals surface area contributed by atoms with E-state index in [1.807, 2.05) is 5.94 Å². The summed E-state index contributed by atoms with van der Waals surface area (Å²) in [6, 6.07) is 0.497. The SMILES string of the molecule is CC(C)C1CCC(=C=O)N1. The van der Waals surface area contributed by atoms with Crippen molar-refractivity contribution >= 4 is 5.94 Å². The van der Waals surface area contributed by atoms with Crippen LogP contribution in [0, 0.1) is 5.92 Å². The Hall–Kier alpha value is -0.750. The summed E-state index contributed by atoms with van der Waals surface area (Å²) in [5.41, 5.74) is 0.749. The smallest absolute Gasteiger partial charge is 0.145 e. The van der Waals surface area contributed by atoms with Crippen molar-refractivity contribution in [1.82, 2.24) is 5.32 Å². The fraction of sp³-hybridized carbons (Fsp3) is 0.750. The van der Waals surface area contributed by atoms with Gasteiger partial charge in [-0.3, -0.25) is 0 Å². The van der Waals surface area contributed by atoms with Gasteiger partial charge in [-0.25, -0.2) is 4.79 Å². The van der Waals surface area contributed by atoms with Crippen molar-refractivity contribution in [3.8, 4) is 0 Å². The van der Waals surface area contributed by atoms with Gasteiger partial charge in [-0.1, -0.05) is 13.8 Å². The second-order valence-electron chi connectivity index (χ2n) is 3.11. The molecular formula is C8H13NO. The number of nitrogens with one attached hydrogen (secondary N) is 1. The Bertz CT molecular complexity index is 168. The highest BCUT2D eigenvalue weighted by Gasteiger charge is 2.21. The molecule has 1 aliphatic heterocycles. The molecular weight excluding hydrogens is 126 g/mol. The van der Waals surface area contributed by atoms with Crippen LogP contribution in [0.5, 0.6) is 0 Å². The van der Waals surface area contributed by atoms with Crippen LogP contribution in [-0.2, 0) is 4.79 Å². The Balaban J connectivity index is 2.51. The number of hydrogen-bond donors (Lipinski definition) is 1. The molecule has 0 spiro atoms. The molecule has 1 fully saturated rings. The molecule has 0 saturated carbocycles. The van der Waals surface area contributed by atoms with E-state index >= 15 is 0 Å². The minimum atomic E-state index is 0.497. The number of carbonyl (C=O) groups excluding carboxylic acids is 1. The van der Waals surface area contributed by atoms with Crippen LogP contribution in [-0.4, -0.2) is 12.0 Å². The van der Waals surface area contributed by atoms with Crippen LogP contribution >= 0.6 is 0 Å². The van der Waals surface area contributed by atoms with Crippen LogP contribution in [0.1, 0.15) is 26.7 Å². The molecule has 0 aromatic heterocycles. The largest absolute Gasteiger partial charge is 0.376 e. The quantitative estimate of drug-likeness (QED) is 0.551. The van der Waals surface area contributed by atoms with Gasteiger partial charge in [0.15, 0.2) is 0 Å². The molecule has 1 unspecified atom stereocenters. The lowest BCUT2D eigenvalue weighted by molar-refractivity contribution is 0.459. The molecule has 0 radical (unpaired) electrons. The second kappa shape index (κ2) is 2.89. The molecule has 1 saturated heterocycles. The Morgan fingerprint density at radius 3 is 2.70 bits per heavy atom. The Labute approximate surface area is 61.3 Å². The molecule has 1 rings (SSSR count). The molecule has 0 aromatic rings. The number of allylic oxidation sites excluding steroid dienone is 1. The van der Waals surface area contributed by atoms with Gasteiger partial charge in [-0.2, -0.15) is 0 Å². The fourth-order valence-electron chi connectivity index (χ4n) is 1.25. The van der Waals surface area contributed by atoms with E-state index in [1.54, 1.807) is 0 Å². The first-order valence-electron chi connectivity index (χ1n) is 3.74. The van der Waals surface area contributed by atoms with Crippen LogP contribution in [0.3, 0.4) is 0 Å². The van der Waals surface area contributed by atoms with Crippen molar-refractivity contribution < 1.29 is 4.79 Å². The highest BCUT2D eigenvalue weighted by atomic mass is 16.1. The van der Waals surface area contributed by atoms with E-state index in [1.165, 1.54) is 0 Å². The van der Waals surface area contributed by atoms with Crippen LogP contribution in [0.2, 0.25) is 0 Å². The molecule has 1 aliphatic rings. The maximum absolute atomic E-state index is 10.2. The summed E-state index contributed by atoms with van der Waals surface area (Å²) in [4.78, 5) is 10.2. The molecule has 0 amide bonds. The zero-order valence-corrected chi connectivity index (χ0v) is 6.48. The van der Waals surface area contributed by atoms with Gasteiger partial charge in [-0.05, 0) is 18.8 Å². The normalized spacial score (nSPS) is 24.7. The van der Waals surface area contributed by atoms with Gasteiger partial charge in [0.2, 0.25) is 0 Å². The second-order valence-corrected chi connectivity index (χ2v) is 3.11. The van der Waals surface area contributed by atoms with Crippen molar-refractivity contribution in [3.63, 3.8) is 0 Å². The van der Waals surface area contributed by atoms with Crippen molar-refractivity contribution in [2.75, 3.05) is 0 Å². The van der Waals surface area contributed by atoms with Gasteiger partial charge < -0.3 is 5.32 Å². The summed E-state index contributed by atoms with van der Waals surface area (Å²) >= 11 is 0. The monoisotopic (exact) mass is 139 g/mol. The lowest BCUT2D eigenvalue weighted by Gasteiger charge is -2.13. The maximum atomic E-state index is 10.2. The van der Waals surface area contributed by atoms with Gasteiger partial charge in [0.05, 0.1) is 5.70 Å². The van der Waals surface area contributed by atoms with E-state index in [-0.39, 0.29) is 0 Å². The van der Waals surface area contributed by atoms with Crippen molar-refractivity contribution in [2.24, 2.45) is 5.92 Å². The third kappa shape index (κ3) is 1.39. The molecule has 10 heavy (non-hydrogen) atoms. The number of hydrogen-bond acceptors (Lipinski definition) is 2. The number of rotatable bonds is 1. The summed E-state index contributed by atoms with van der Waals surface area (Å²) in [5, 5.41) is 3.13. The highest BCUT2D eigenvalue weighted by molar-refractivity contribution is 5.52. The van der Waals surface area contributed by atoms with Gasteiger partial charge in [0.25, 0.3) is 0 Å². The van der Waals surface area contributed by atoms with Gasteiger partial charge in [0, 0.05) is 6.04 Å². The summed E-state index contributed by atoms with van der Waals surface area (Å²) < 4.78 is 0. The highest BCUT2D eigenvalue weighted by Crippen LogP contribution is 2.18. The molecule has 1 N–H and O–H groups in total. The van der Waals surface area contributed by atoms with Crippen molar-refractivity contribution in [3.05, 3.63) is 5.70 Å². The average molecular weight is 139 g/mol. The predicted octanol–water partition coefficient (Wildman–Crippen LogP) is 1.11. The first kappa shape index (κ1) is 7.36. The third-order valence-electron chi connectivity index (χ3n) is 1.99. The Morgan fingerprint density at radius 1 is 1.70 bits per heavy atom. The predicted molar refractivity (Wildman–Crippen MR) is 40.2 cm³/mol. The summed E-state index contributed by atoms with van der Waals surface area (Å²) in [5.74, 6) is 2.52. The van der Waals surface area contributed by atoms with Crippen molar-refractivity contribution in [1.29, 1.82) is 0 Å². The third-order valence-corrected chi connectivity index (χ3v) is 1.99. The first-order chi connectivity index (χ1) is 4.74. The van der Waals surface area contributed by atoms with Crippen molar-refractivity contribution in [2.45, 2.75) is 32.7 Å². The van der Waals surface area contributed by atoms with E-state index in [0.29, 0.717) is 12.0 Å². The Morgan fingerprint density at radius 2 is 2.40 bits per heavy atom. The van der Waals surface area contributed by atoms with Crippen LogP contribution < -0.4 is 5.32 Å². The van der Waals surface area contributed by atoms with Gasteiger partial charge in [0.1, 0.15) is 5.94 Å². The lowest BCUT2D eigenvalue weighted by Crippen LogP contribution is -2.25. The standard InChI is InChI=1S/C8H13NO/c1-6(2)8-4-3-7(5-10)9-8/h6,8-9H,3-4H2,1-2H3. The van der Waals surface area contributed by atoms with E-state index in [2.05, 4.69) is 19.2 Å². The van der Waals surface area contributed by atoms with Crippen LogP contribution in [0.25, 0.3) is 0 Å². The molecule has 2 nitrogen and oxygen atoms in total. The minimum absolute atomic E-state index is 0.497. The molecule has 0 bridgehead atoms. The molecule has 0 aromatic carbocycles. The molecule has 56 valence electrons. The zero-order valence-electron chi connectivity index (χ0n) is 6.48. The topological polar surface area (TPSA) is 29.1 Å². The van der Waals surface area contributed by atoms with E-state index < -0.39 is 0 Å². The zero-order chi connectivity index (χ0) is 7.56. The van der Waals surface area contributed by atoms with E-state index in [0.717, 1.165) is 18.5 Å². The van der Waals surface area contributed by atoms with Gasteiger partial charge in [-0.15, -0.1) is 0 Å². The Kier molecular flexibility index (Phi) is 2.13. The fourth-order valence-corrected chi connectivity index (χ4v) is 1.25. The summed E-state index contributed by atoms with van der Waals surface area (Å²) in [6.07, 6.45) is 1.97. The summed E-state index contributed by atoms with van der Waals surface area (Å²) in [7, 11) is 0. The molecule has 2 heteroatoms. The van der Waals surface area contributed by atoms with Crippen LogP contribution in [0.15, 0.2) is 5.70 Å². The van der Waals surface area contributed by atoms with Gasteiger partial charge >= 0.3 is 0 Å².